The number of aromatic amines is 1. The maximum Gasteiger partial charge on any atom is 0.407 e. The number of nitrogens with one attached hydrogen (secondary N) is 4. The summed E-state index contributed by atoms with van der Waals surface area (Å²) in [6, 6.07) is 15.0. The topological polar surface area (TPSA) is 117 Å². The minimum absolute atomic E-state index is 0.332. The molecule has 0 fully saturated rings. The summed E-state index contributed by atoms with van der Waals surface area (Å²) in [5.74, 6) is 1.22. The summed E-state index contributed by atoms with van der Waals surface area (Å²) in [7, 11) is 0. The van der Waals surface area contributed by atoms with Crippen molar-refractivity contribution in [3.63, 3.8) is 0 Å². The summed E-state index contributed by atoms with van der Waals surface area (Å²) in [5, 5.41) is 17.9. The largest absolute Gasteiger partial charge is 0.444 e. The number of alkyl carbamates (subject to hydrolysis) is 1. The molecule has 33 heavy (non-hydrogen) atoms. The van der Waals surface area contributed by atoms with Gasteiger partial charge in [0.2, 0.25) is 0 Å². The van der Waals surface area contributed by atoms with Gasteiger partial charge in [0.15, 0.2) is 5.65 Å². The van der Waals surface area contributed by atoms with Crippen LogP contribution in [0.3, 0.4) is 0 Å². The summed E-state index contributed by atoms with van der Waals surface area (Å²) in [4.78, 5) is 20.6. The number of H-pyrrole nitrogens is 1. The van der Waals surface area contributed by atoms with Gasteiger partial charge in [-0.25, -0.2) is 14.8 Å². The number of aromatic nitrogens is 4. The van der Waals surface area contributed by atoms with E-state index < -0.39 is 11.7 Å². The van der Waals surface area contributed by atoms with Crippen LogP contribution < -0.4 is 16.0 Å². The Bertz CT molecular complexity index is 1280. The number of anilines is 4. The highest BCUT2D eigenvalue weighted by Crippen LogP contribution is 2.30. The van der Waals surface area contributed by atoms with Gasteiger partial charge in [-0.1, -0.05) is 29.8 Å². The van der Waals surface area contributed by atoms with E-state index in [2.05, 4.69) is 36.1 Å². The molecule has 0 atom stereocenters. The monoisotopic (exact) mass is 465 g/mol. The molecule has 0 spiro atoms. The first kappa shape index (κ1) is 22.3. The fraction of sp³-hybridized carbons (Fsp3) is 0.217. The highest BCUT2D eigenvalue weighted by molar-refractivity contribution is 6.30. The van der Waals surface area contributed by atoms with Crippen molar-refractivity contribution in [3.8, 4) is 0 Å². The van der Waals surface area contributed by atoms with Gasteiger partial charge in [-0.05, 0) is 56.7 Å². The van der Waals surface area contributed by atoms with Gasteiger partial charge in [-0.3, -0.25) is 5.10 Å². The van der Waals surface area contributed by atoms with Gasteiger partial charge in [-0.15, -0.1) is 0 Å². The number of carbonyl (C=O) groups excluding carboxylic acids is 1. The van der Waals surface area contributed by atoms with E-state index in [0.717, 1.165) is 16.9 Å². The second-order valence-electron chi connectivity index (χ2n) is 8.34. The van der Waals surface area contributed by atoms with Crippen molar-refractivity contribution < 1.29 is 9.53 Å². The van der Waals surface area contributed by atoms with Crippen molar-refractivity contribution in [2.24, 2.45) is 0 Å². The van der Waals surface area contributed by atoms with Crippen molar-refractivity contribution >= 4 is 51.7 Å². The van der Waals surface area contributed by atoms with E-state index in [1.165, 1.54) is 6.33 Å². The van der Waals surface area contributed by atoms with Crippen molar-refractivity contribution in [1.82, 2.24) is 25.5 Å². The van der Waals surface area contributed by atoms with E-state index in [-0.39, 0.29) is 0 Å². The number of nitrogens with zero attached hydrogens (tertiary/aromatic N) is 3. The molecule has 0 aliphatic carbocycles. The van der Waals surface area contributed by atoms with E-state index in [4.69, 9.17) is 16.3 Å². The van der Waals surface area contributed by atoms with Crippen LogP contribution in [0.5, 0.6) is 0 Å². The Kier molecular flexibility index (Phi) is 6.32. The van der Waals surface area contributed by atoms with Crippen LogP contribution >= 0.6 is 11.6 Å². The van der Waals surface area contributed by atoms with Gasteiger partial charge in [0, 0.05) is 22.9 Å². The first-order chi connectivity index (χ1) is 15.8. The van der Waals surface area contributed by atoms with Crippen LogP contribution in [-0.2, 0) is 11.3 Å². The third-order valence-electron chi connectivity index (χ3n) is 4.47. The Balaban J connectivity index is 1.52. The Hall–Kier alpha value is -3.85. The molecule has 0 radical (unpaired) electrons. The average Bonchev–Trinajstić information content (AvgIpc) is 3.15. The number of carbonyl (C=O) groups is 1. The fourth-order valence-corrected chi connectivity index (χ4v) is 3.33. The number of halogens is 1. The average molecular weight is 466 g/mol. The minimum Gasteiger partial charge on any atom is -0.444 e. The number of hydrogen-bond donors (Lipinski definition) is 4. The van der Waals surface area contributed by atoms with Crippen LogP contribution in [0.2, 0.25) is 5.02 Å². The minimum atomic E-state index is -0.548. The molecule has 2 aromatic carbocycles. The van der Waals surface area contributed by atoms with Crippen LogP contribution in [0, 0.1) is 0 Å². The van der Waals surface area contributed by atoms with Crippen LogP contribution in [0.1, 0.15) is 26.3 Å². The van der Waals surface area contributed by atoms with Gasteiger partial charge in [0.05, 0.1) is 0 Å². The van der Waals surface area contributed by atoms with Gasteiger partial charge in [-0.2, -0.15) is 5.10 Å². The number of fused-ring (bicyclic) bond motifs is 1. The van der Waals surface area contributed by atoms with Crippen LogP contribution in [0.15, 0.2) is 54.9 Å². The van der Waals surface area contributed by atoms with Crippen LogP contribution in [-0.4, -0.2) is 31.9 Å². The molecule has 0 aliphatic heterocycles. The van der Waals surface area contributed by atoms with Gasteiger partial charge >= 0.3 is 6.09 Å². The molecule has 2 heterocycles. The van der Waals surface area contributed by atoms with Gasteiger partial charge in [0.25, 0.3) is 0 Å². The predicted octanol–water partition coefficient (Wildman–Crippen LogP) is 5.52. The van der Waals surface area contributed by atoms with Crippen LogP contribution in [0.4, 0.5) is 27.8 Å². The van der Waals surface area contributed by atoms with E-state index in [1.54, 1.807) is 6.07 Å². The van der Waals surface area contributed by atoms with E-state index in [1.807, 2.05) is 63.2 Å². The molecule has 0 bridgehead atoms. The molecule has 4 aromatic rings. The Morgan fingerprint density at radius 3 is 2.58 bits per heavy atom. The van der Waals surface area contributed by atoms with E-state index in [0.29, 0.717) is 34.2 Å². The zero-order valence-corrected chi connectivity index (χ0v) is 19.2. The second kappa shape index (κ2) is 9.33. The van der Waals surface area contributed by atoms with Crippen molar-refractivity contribution in [2.45, 2.75) is 32.9 Å². The highest BCUT2D eigenvalue weighted by Gasteiger charge is 2.16. The quantitative estimate of drug-likeness (QED) is 0.296. The molecule has 4 rings (SSSR count). The molecule has 170 valence electrons. The summed E-state index contributed by atoms with van der Waals surface area (Å²) in [6.07, 6.45) is 0.984. The molecule has 10 heteroatoms. The molecule has 2 aromatic heterocycles. The first-order valence-electron chi connectivity index (χ1n) is 10.3. The highest BCUT2D eigenvalue weighted by atomic mass is 35.5. The van der Waals surface area contributed by atoms with Crippen molar-refractivity contribution in [1.29, 1.82) is 0 Å². The smallest absolute Gasteiger partial charge is 0.407 e. The normalized spacial score (nSPS) is 11.3. The number of hydrogen-bond acceptors (Lipinski definition) is 7. The summed E-state index contributed by atoms with van der Waals surface area (Å²) in [5.41, 5.74) is 2.48. The SMILES string of the molecule is CC(C)(C)OC(=O)NCc1cccc(Nc2[nH]nc3ncnc(Nc4cccc(Cl)c4)c23)c1. The lowest BCUT2D eigenvalue weighted by atomic mass is 10.2. The van der Waals surface area contributed by atoms with E-state index >= 15 is 0 Å². The molecule has 4 N–H and O–H groups in total. The number of amides is 1. The number of ether oxygens (including phenoxy) is 1. The van der Waals surface area contributed by atoms with Gasteiger partial charge < -0.3 is 20.7 Å². The lowest BCUT2D eigenvalue weighted by Gasteiger charge is -2.19. The molecule has 1 amide bonds. The molecule has 9 nitrogen and oxygen atoms in total. The molecular weight excluding hydrogens is 442 g/mol. The Labute approximate surface area is 195 Å². The maximum atomic E-state index is 11.9. The predicted molar refractivity (Wildman–Crippen MR) is 129 cm³/mol. The third kappa shape index (κ3) is 5.89. The maximum absolute atomic E-state index is 11.9. The zero-order valence-electron chi connectivity index (χ0n) is 18.4. The molecule has 0 unspecified atom stereocenters. The fourth-order valence-electron chi connectivity index (χ4n) is 3.14. The Morgan fingerprint density at radius 2 is 1.82 bits per heavy atom. The van der Waals surface area contributed by atoms with Gasteiger partial charge in [0.1, 0.15) is 29.0 Å². The Morgan fingerprint density at radius 1 is 1.06 bits per heavy atom. The summed E-state index contributed by atoms with van der Waals surface area (Å²) in [6.45, 7) is 5.81. The lowest BCUT2D eigenvalue weighted by molar-refractivity contribution is 0.0523. The molecule has 0 aliphatic rings. The molecular formula is C23H24ClN7O2. The number of benzene rings is 2. The summed E-state index contributed by atoms with van der Waals surface area (Å²) < 4.78 is 5.28. The lowest BCUT2D eigenvalue weighted by Crippen LogP contribution is -2.32. The van der Waals surface area contributed by atoms with Crippen LogP contribution in [0.25, 0.3) is 11.0 Å². The van der Waals surface area contributed by atoms with E-state index in [9.17, 15) is 4.79 Å². The molecule has 0 saturated heterocycles. The first-order valence-corrected chi connectivity index (χ1v) is 10.7. The standard InChI is InChI=1S/C23H24ClN7O2/c1-23(2,3)33-22(32)25-12-14-6-4-8-16(10-14)29-21-18-19(26-13-27-20(18)30-31-21)28-17-9-5-7-15(24)11-17/h4-11,13H,12H2,1-3H3,(H,25,32)(H3,26,27,28,29,30,31). The number of rotatable bonds is 6. The van der Waals surface area contributed by atoms with Crippen molar-refractivity contribution in [3.05, 3.63) is 65.4 Å². The summed E-state index contributed by atoms with van der Waals surface area (Å²) >= 11 is 6.10. The molecule has 0 saturated carbocycles. The third-order valence-corrected chi connectivity index (χ3v) is 4.71. The van der Waals surface area contributed by atoms with Crippen molar-refractivity contribution in [2.75, 3.05) is 10.6 Å². The second-order valence-corrected chi connectivity index (χ2v) is 8.77. The zero-order chi connectivity index (χ0) is 23.4.